The molecular formula is C33H32BrCl2N3O4S. The Morgan fingerprint density at radius 1 is 0.864 bits per heavy atom. The number of hydrogen-bond acceptors (Lipinski definition) is 4. The summed E-state index contributed by atoms with van der Waals surface area (Å²) in [5.41, 5.74) is 2.67. The van der Waals surface area contributed by atoms with Crippen molar-refractivity contribution >= 4 is 66.7 Å². The topological polar surface area (TPSA) is 86.8 Å². The molecule has 7 nitrogen and oxygen atoms in total. The zero-order chi connectivity index (χ0) is 31.9. The number of nitrogens with zero attached hydrogens (tertiary/aromatic N) is 2. The van der Waals surface area contributed by atoms with Crippen LogP contribution in [0.2, 0.25) is 10.0 Å². The lowest BCUT2D eigenvalue weighted by Gasteiger charge is -2.34. The molecule has 11 heteroatoms. The number of sulfonamides is 1. The van der Waals surface area contributed by atoms with E-state index in [4.69, 9.17) is 23.2 Å². The molecule has 0 heterocycles. The monoisotopic (exact) mass is 715 g/mol. The van der Waals surface area contributed by atoms with Crippen LogP contribution in [0.25, 0.3) is 0 Å². The molecule has 0 radical (unpaired) electrons. The van der Waals surface area contributed by atoms with Gasteiger partial charge in [-0.25, -0.2) is 8.42 Å². The summed E-state index contributed by atoms with van der Waals surface area (Å²) in [6.07, 6.45) is 0.211. The quantitative estimate of drug-likeness (QED) is 0.171. The Morgan fingerprint density at radius 3 is 2.14 bits per heavy atom. The molecule has 1 atom stereocenters. The lowest BCUT2D eigenvalue weighted by molar-refractivity contribution is -0.140. The van der Waals surface area contributed by atoms with Gasteiger partial charge in [0.2, 0.25) is 11.8 Å². The predicted molar refractivity (Wildman–Crippen MR) is 179 cm³/mol. The zero-order valence-corrected chi connectivity index (χ0v) is 28.1. The fourth-order valence-electron chi connectivity index (χ4n) is 4.65. The summed E-state index contributed by atoms with van der Waals surface area (Å²) in [4.78, 5) is 29.4. The van der Waals surface area contributed by atoms with Gasteiger partial charge in [0.05, 0.1) is 20.6 Å². The van der Waals surface area contributed by atoms with Crippen LogP contribution >= 0.6 is 39.1 Å². The van der Waals surface area contributed by atoms with Crippen LogP contribution in [0.3, 0.4) is 0 Å². The van der Waals surface area contributed by atoms with E-state index < -0.39 is 28.5 Å². The van der Waals surface area contributed by atoms with Crippen molar-refractivity contribution in [3.8, 4) is 0 Å². The van der Waals surface area contributed by atoms with Gasteiger partial charge in [-0.1, -0.05) is 93.2 Å². The van der Waals surface area contributed by atoms with Crippen LogP contribution in [-0.2, 0) is 32.6 Å². The van der Waals surface area contributed by atoms with E-state index in [0.29, 0.717) is 27.8 Å². The largest absolute Gasteiger partial charge is 0.355 e. The molecule has 1 N–H and O–H groups in total. The average molecular weight is 718 g/mol. The molecule has 0 unspecified atom stereocenters. The molecular weight excluding hydrogens is 685 g/mol. The lowest BCUT2D eigenvalue weighted by Crippen LogP contribution is -2.53. The van der Waals surface area contributed by atoms with Crippen LogP contribution in [0.1, 0.15) is 23.6 Å². The van der Waals surface area contributed by atoms with Gasteiger partial charge in [0.1, 0.15) is 12.6 Å². The first kappa shape index (κ1) is 33.5. The second kappa shape index (κ2) is 15.1. The summed E-state index contributed by atoms with van der Waals surface area (Å²) < 4.78 is 29.9. The van der Waals surface area contributed by atoms with Crippen molar-refractivity contribution < 1.29 is 18.0 Å². The summed E-state index contributed by atoms with van der Waals surface area (Å²) in [5, 5.41) is 3.49. The van der Waals surface area contributed by atoms with Gasteiger partial charge in [-0.3, -0.25) is 13.9 Å². The summed E-state index contributed by atoms with van der Waals surface area (Å²) in [5.74, 6) is -0.928. The number of carbonyl (C=O) groups is 2. The number of halogens is 3. The van der Waals surface area contributed by atoms with E-state index in [2.05, 4.69) is 21.2 Å². The Morgan fingerprint density at radius 2 is 1.52 bits per heavy atom. The zero-order valence-electron chi connectivity index (χ0n) is 24.2. The van der Waals surface area contributed by atoms with E-state index >= 15 is 0 Å². The van der Waals surface area contributed by atoms with Gasteiger partial charge in [0.25, 0.3) is 10.0 Å². The third-order valence-corrected chi connectivity index (χ3v) is 10.0. The number of hydrogen-bond donors (Lipinski definition) is 1. The van der Waals surface area contributed by atoms with Crippen LogP contribution in [0, 0.1) is 6.92 Å². The second-order valence-corrected chi connectivity index (χ2v) is 13.8. The molecule has 0 saturated carbocycles. The molecule has 2 amide bonds. The van der Waals surface area contributed by atoms with Crippen molar-refractivity contribution in [1.82, 2.24) is 10.2 Å². The number of rotatable bonds is 12. The highest BCUT2D eigenvalue weighted by Crippen LogP contribution is 2.28. The molecule has 0 bridgehead atoms. The smallest absolute Gasteiger partial charge is 0.264 e. The number of nitrogens with one attached hydrogen (secondary N) is 1. The molecule has 0 spiro atoms. The first-order valence-electron chi connectivity index (χ1n) is 13.9. The molecule has 230 valence electrons. The Bertz CT molecular complexity index is 1700. The normalized spacial score (nSPS) is 11.9. The number of anilines is 1. The summed E-state index contributed by atoms with van der Waals surface area (Å²) in [6, 6.07) is 26.5. The van der Waals surface area contributed by atoms with Crippen molar-refractivity contribution in [1.29, 1.82) is 0 Å². The molecule has 0 aliphatic rings. The molecule has 4 rings (SSSR count). The molecule has 0 aliphatic heterocycles. The van der Waals surface area contributed by atoms with Crippen molar-refractivity contribution in [3.05, 3.63) is 128 Å². The Labute approximate surface area is 277 Å². The maximum Gasteiger partial charge on any atom is 0.264 e. The molecule has 0 saturated heterocycles. The maximum atomic E-state index is 14.4. The Balaban J connectivity index is 1.80. The summed E-state index contributed by atoms with van der Waals surface area (Å²) >= 11 is 15.9. The molecule has 0 aliphatic carbocycles. The van der Waals surface area contributed by atoms with Crippen LogP contribution < -0.4 is 9.62 Å². The van der Waals surface area contributed by atoms with Gasteiger partial charge >= 0.3 is 0 Å². The Kier molecular flexibility index (Phi) is 11.5. The minimum Gasteiger partial charge on any atom is -0.355 e. The standard InChI is InChI=1S/C33H32BrCl2N3O4S/c1-3-37-33(41)31(20-24-7-5-4-6-8-24)38(21-25-11-18-29(35)30(36)19-25)32(40)22-39(27-14-12-26(34)13-15-27)44(42,43)28-16-9-23(2)10-17-28/h4-19,31H,3,20-22H2,1-2H3,(H,37,41)/t31-/m0/s1. The van der Waals surface area contributed by atoms with Crippen molar-refractivity contribution in [2.45, 2.75) is 37.8 Å². The van der Waals surface area contributed by atoms with Gasteiger partial charge in [-0.2, -0.15) is 0 Å². The van der Waals surface area contributed by atoms with E-state index in [1.165, 1.54) is 17.0 Å². The summed E-state index contributed by atoms with van der Waals surface area (Å²) in [7, 11) is -4.18. The third kappa shape index (κ3) is 8.41. The predicted octanol–water partition coefficient (Wildman–Crippen LogP) is 7.04. The lowest BCUT2D eigenvalue weighted by atomic mass is 10.0. The van der Waals surface area contributed by atoms with Crippen LogP contribution in [0.15, 0.2) is 106 Å². The Hall–Kier alpha value is -3.37. The van der Waals surface area contributed by atoms with Gasteiger partial charge in [-0.15, -0.1) is 0 Å². The first-order valence-corrected chi connectivity index (χ1v) is 16.9. The molecule has 44 heavy (non-hydrogen) atoms. The van der Waals surface area contributed by atoms with Crippen LogP contribution in [0.5, 0.6) is 0 Å². The SMILES string of the molecule is CCNC(=O)[C@H](Cc1ccccc1)N(Cc1ccc(Cl)c(Cl)c1)C(=O)CN(c1ccc(Br)cc1)S(=O)(=O)c1ccc(C)cc1. The maximum absolute atomic E-state index is 14.4. The van der Waals surface area contributed by atoms with E-state index in [9.17, 15) is 18.0 Å². The van der Waals surface area contributed by atoms with Gasteiger partial charge in [-0.05, 0) is 73.5 Å². The minimum absolute atomic E-state index is 0.0108. The van der Waals surface area contributed by atoms with E-state index in [-0.39, 0.29) is 23.8 Å². The number of amides is 2. The molecule has 4 aromatic carbocycles. The van der Waals surface area contributed by atoms with Crippen LogP contribution in [0.4, 0.5) is 5.69 Å². The van der Waals surface area contributed by atoms with Gasteiger partial charge < -0.3 is 10.2 Å². The van der Waals surface area contributed by atoms with Gasteiger partial charge in [0, 0.05) is 24.0 Å². The highest BCUT2D eigenvalue weighted by atomic mass is 79.9. The molecule has 4 aromatic rings. The van der Waals surface area contributed by atoms with Crippen LogP contribution in [-0.4, -0.2) is 44.3 Å². The highest BCUT2D eigenvalue weighted by molar-refractivity contribution is 9.10. The summed E-state index contributed by atoms with van der Waals surface area (Å²) in [6.45, 7) is 3.45. The van der Waals surface area contributed by atoms with E-state index in [0.717, 1.165) is 19.9 Å². The van der Waals surface area contributed by atoms with Crippen molar-refractivity contribution in [2.75, 3.05) is 17.4 Å². The van der Waals surface area contributed by atoms with E-state index in [1.54, 1.807) is 61.5 Å². The third-order valence-electron chi connectivity index (χ3n) is 6.96. The second-order valence-electron chi connectivity index (χ2n) is 10.2. The van der Waals surface area contributed by atoms with E-state index in [1.807, 2.05) is 37.3 Å². The molecule has 0 fully saturated rings. The number of carbonyl (C=O) groups excluding carboxylic acids is 2. The molecule has 0 aromatic heterocycles. The first-order chi connectivity index (χ1) is 21.0. The van der Waals surface area contributed by atoms with Gasteiger partial charge in [0.15, 0.2) is 0 Å². The number of aryl methyl sites for hydroxylation is 1. The minimum atomic E-state index is -4.18. The van der Waals surface area contributed by atoms with Crippen molar-refractivity contribution in [3.63, 3.8) is 0 Å². The average Bonchev–Trinajstić information content (AvgIpc) is 3.00. The highest BCUT2D eigenvalue weighted by Gasteiger charge is 2.34. The van der Waals surface area contributed by atoms with Crippen molar-refractivity contribution in [2.24, 2.45) is 0 Å². The fourth-order valence-corrected chi connectivity index (χ4v) is 6.65. The fraction of sp³-hybridized carbons (Fsp3) is 0.212. The number of likely N-dealkylation sites (N-methyl/N-ethyl adjacent to an activating group) is 1. The number of benzene rings is 4.